The van der Waals surface area contributed by atoms with E-state index in [0.29, 0.717) is 5.92 Å². The molecule has 0 spiro atoms. The van der Waals surface area contributed by atoms with Crippen molar-refractivity contribution in [3.63, 3.8) is 0 Å². The van der Waals surface area contributed by atoms with E-state index in [-0.39, 0.29) is 17.9 Å². The van der Waals surface area contributed by atoms with E-state index in [4.69, 9.17) is 5.73 Å². The standard InChI is InChI=1S/C21H25N5O/c1-13(22)14-5-7-15(8-6-14)21(27)26-17-9-11-24-20-16(17)12-19(25-20)18-4-2-3-10-23-18/h2-4,9-15H,5-8,22H2,1H3,(H2,24,25,26,27)/t13-,14?,15?/m1/s1. The summed E-state index contributed by atoms with van der Waals surface area (Å²) in [6.07, 6.45) is 7.32. The van der Waals surface area contributed by atoms with Crippen molar-refractivity contribution in [1.29, 1.82) is 0 Å². The monoisotopic (exact) mass is 363 g/mol. The zero-order chi connectivity index (χ0) is 18.8. The number of pyridine rings is 2. The molecule has 0 radical (unpaired) electrons. The van der Waals surface area contributed by atoms with Crippen LogP contribution in [0.1, 0.15) is 32.6 Å². The quantitative estimate of drug-likeness (QED) is 0.658. The number of nitrogens with two attached hydrogens (primary N) is 1. The van der Waals surface area contributed by atoms with E-state index in [1.165, 1.54) is 0 Å². The third kappa shape index (κ3) is 3.71. The second-order valence-corrected chi connectivity index (χ2v) is 7.48. The number of hydrogen-bond donors (Lipinski definition) is 3. The van der Waals surface area contributed by atoms with E-state index < -0.39 is 0 Å². The molecule has 0 bridgehead atoms. The number of aromatic amines is 1. The number of nitrogens with zero attached hydrogens (tertiary/aromatic N) is 2. The Bertz CT molecular complexity index is 926. The van der Waals surface area contributed by atoms with E-state index in [1.54, 1.807) is 12.4 Å². The molecule has 4 rings (SSSR count). The lowest BCUT2D eigenvalue weighted by molar-refractivity contribution is -0.121. The molecule has 1 amide bonds. The zero-order valence-electron chi connectivity index (χ0n) is 15.5. The molecule has 0 aromatic carbocycles. The van der Waals surface area contributed by atoms with Crippen molar-refractivity contribution in [1.82, 2.24) is 15.0 Å². The number of aromatic nitrogens is 3. The number of nitrogens with one attached hydrogen (secondary N) is 2. The van der Waals surface area contributed by atoms with Crippen LogP contribution in [0.5, 0.6) is 0 Å². The number of H-pyrrole nitrogens is 1. The van der Waals surface area contributed by atoms with Gasteiger partial charge in [-0.3, -0.25) is 9.78 Å². The molecule has 0 saturated heterocycles. The molecule has 1 aliphatic rings. The summed E-state index contributed by atoms with van der Waals surface area (Å²) in [5.74, 6) is 0.677. The van der Waals surface area contributed by atoms with Crippen LogP contribution < -0.4 is 11.1 Å². The van der Waals surface area contributed by atoms with Crippen LogP contribution in [0.25, 0.3) is 22.4 Å². The first-order valence-corrected chi connectivity index (χ1v) is 9.57. The van der Waals surface area contributed by atoms with Crippen LogP contribution in [0.3, 0.4) is 0 Å². The Labute approximate surface area is 158 Å². The molecular formula is C21H25N5O. The van der Waals surface area contributed by atoms with E-state index in [9.17, 15) is 4.79 Å². The Morgan fingerprint density at radius 3 is 2.70 bits per heavy atom. The van der Waals surface area contributed by atoms with E-state index in [2.05, 4.69) is 27.2 Å². The molecule has 1 saturated carbocycles. The van der Waals surface area contributed by atoms with Crippen LogP contribution >= 0.6 is 0 Å². The number of anilines is 1. The van der Waals surface area contributed by atoms with Gasteiger partial charge in [-0.05, 0) is 62.8 Å². The molecule has 4 N–H and O–H groups in total. The summed E-state index contributed by atoms with van der Waals surface area (Å²) in [4.78, 5) is 24.8. The molecule has 27 heavy (non-hydrogen) atoms. The number of rotatable bonds is 4. The third-order valence-electron chi connectivity index (χ3n) is 5.62. The lowest BCUT2D eigenvalue weighted by Gasteiger charge is -2.30. The van der Waals surface area contributed by atoms with Gasteiger partial charge >= 0.3 is 0 Å². The lowest BCUT2D eigenvalue weighted by Crippen LogP contribution is -2.33. The maximum absolute atomic E-state index is 12.8. The van der Waals surface area contributed by atoms with Gasteiger partial charge in [-0.15, -0.1) is 0 Å². The molecule has 3 heterocycles. The summed E-state index contributed by atoms with van der Waals surface area (Å²) in [7, 11) is 0. The second-order valence-electron chi connectivity index (χ2n) is 7.48. The molecule has 3 aromatic heterocycles. The first kappa shape index (κ1) is 17.7. The molecule has 1 aliphatic carbocycles. The summed E-state index contributed by atoms with van der Waals surface area (Å²) in [5, 5.41) is 4.01. The molecule has 0 aliphatic heterocycles. The van der Waals surface area contributed by atoms with Gasteiger partial charge in [-0.2, -0.15) is 0 Å². The van der Waals surface area contributed by atoms with Gasteiger partial charge in [0.1, 0.15) is 5.65 Å². The fourth-order valence-corrected chi connectivity index (χ4v) is 3.94. The van der Waals surface area contributed by atoms with Crippen molar-refractivity contribution >= 4 is 22.6 Å². The highest BCUT2D eigenvalue weighted by molar-refractivity contribution is 6.02. The highest BCUT2D eigenvalue weighted by Crippen LogP contribution is 2.32. The van der Waals surface area contributed by atoms with E-state index in [1.807, 2.05) is 30.3 Å². The maximum atomic E-state index is 12.8. The lowest BCUT2D eigenvalue weighted by atomic mass is 9.79. The Morgan fingerprint density at radius 2 is 2.00 bits per heavy atom. The van der Waals surface area contributed by atoms with Crippen LogP contribution in [0.15, 0.2) is 42.7 Å². The van der Waals surface area contributed by atoms with Gasteiger partial charge in [0, 0.05) is 29.7 Å². The maximum Gasteiger partial charge on any atom is 0.227 e. The normalized spacial score (nSPS) is 21.1. The first-order valence-electron chi connectivity index (χ1n) is 9.57. The van der Waals surface area contributed by atoms with Crippen molar-refractivity contribution in [3.8, 4) is 11.4 Å². The Morgan fingerprint density at radius 1 is 1.19 bits per heavy atom. The Hall–Kier alpha value is -2.73. The highest BCUT2D eigenvalue weighted by Gasteiger charge is 2.28. The predicted molar refractivity (Wildman–Crippen MR) is 107 cm³/mol. The first-order chi connectivity index (χ1) is 13.1. The van der Waals surface area contributed by atoms with Crippen LogP contribution in [-0.2, 0) is 4.79 Å². The second kappa shape index (κ2) is 7.48. The minimum absolute atomic E-state index is 0.0532. The van der Waals surface area contributed by atoms with Gasteiger partial charge in [0.05, 0.1) is 17.1 Å². The Kier molecular flexibility index (Phi) is 4.90. The summed E-state index contributed by atoms with van der Waals surface area (Å²) in [6, 6.07) is 9.83. The van der Waals surface area contributed by atoms with Gasteiger partial charge in [0.25, 0.3) is 0 Å². The summed E-state index contributed by atoms with van der Waals surface area (Å²) in [6.45, 7) is 2.06. The van der Waals surface area contributed by atoms with Gasteiger partial charge in [-0.1, -0.05) is 6.07 Å². The van der Waals surface area contributed by atoms with E-state index >= 15 is 0 Å². The minimum atomic E-state index is 0.0532. The average Bonchev–Trinajstić information content (AvgIpc) is 3.14. The molecule has 3 aromatic rings. The number of fused-ring (bicyclic) bond motifs is 1. The topological polar surface area (TPSA) is 96.7 Å². The fourth-order valence-electron chi connectivity index (χ4n) is 3.94. The predicted octanol–water partition coefficient (Wildman–Crippen LogP) is 3.72. The van der Waals surface area contributed by atoms with Gasteiger partial charge < -0.3 is 16.0 Å². The van der Waals surface area contributed by atoms with E-state index in [0.717, 1.165) is 53.8 Å². The number of carbonyl (C=O) groups excluding carboxylic acids is 1. The largest absolute Gasteiger partial charge is 0.338 e. The van der Waals surface area contributed by atoms with Gasteiger partial charge in [-0.25, -0.2) is 4.98 Å². The molecular weight excluding hydrogens is 338 g/mol. The van der Waals surface area contributed by atoms with Crippen LogP contribution in [-0.4, -0.2) is 26.9 Å². The van der Waals surface area contributed by atoms with Crippen molar-refractivity contribution in [3.05, 3.63) is 42.7 Å². The minimum Gasteiger partial charge on any atom is -0.338 e. The van der Waals surface area contributed by atoms with Gasteiger partial charge in [0.15, 0.2) is 0 Å². The van der Waals surface area contributed by atoms with Crippen molar-refractivity contribution in [2.24, 2.45) is 17.6 Å². The molecule has 1 atom stereocenters. The molecule has 1 fully saturated rings. The molecule has 0 unspecified atom stereocenters. The van der Waals surface area contributed by atoms with Crippen LogP contribution in [0.2, 0.25) is 0 Å². The molecule has 140 valence electrons. The SMILES string of the molecule is C[C@@H](N)C1CCC(C(=O)Nc2ccnc3[nH]c(-c4ccccn4)cc23)CC1. The smallest absolute Gasteiger partial charge is 0.227 e. The number of carbonyl (C=O) groups is 1. The summed E-state index contributed by atoms with van der Waals surface area (Å²) in [5.41, 5.74) is 9.28. The number of hydrogen-bond acceptors (Lipinski definition) is 4. The fraction of sp³-hybridized carbons (Fsp3) is 0.381. The summed E-state index contributed by atoms with van der Waals surface area (Å²) < 4.78 is 0. The van der Waals surface area contributed by atoms with Crippen molar-refractivity contribution in [2.75, 3.05) is 5.32 Å². The molecule has 6 heteroatoms. The average molecular weight is 363 g/mol. The summed E-state index contributed by atoms with van der Waals surface area (Å²) >= 11 is 0. The third-order valence-corrected chi connectivity index (χ3v) is 5.62. The molecule has 6 nitrogen and oxygen atoms in total. The number of amides is 1. The van der Waals surface area contributed by atoms with Crippen molar-refractivity contribution in [2.45, 2.75) is 38.6 Å². The van der Waals surface area contributed by atoms with Crippen LogP contribution in [0.4, 0.5) is 5.69 Å². The Balaban J connectivity index is 1.52. The highest BCUT2D eigenvalue weighted by atomic mass is 16.1. The van der Waals surface area contributed by atoms with Gasteiger partial charge in [0.2, 0.25) is 5.91 Å². The van der Waals surface area contributed by atoms with Crippen molar-refractivity contribution < 1.29 is 4.79 Å². The zero-order valence-corrected chi connectivity index (χ0v) is 15.5. The van der Waals surface area contributed by atoms with Crippen LogP contribution in [0, 0.1) is 11.8 Å².